The molecule has 3 heterocycles. The Labute approximate surface area is 267 Å². The SMILES string of the molecule is COC(O)CNC(=O)c1ccc2nc(N3C4CCC3CC(OCC(C(=O)C3CC3)=C(N)c3ccccc3OC(F)(F)F)C4)sc2c1. The Hall–Kier alpha value is -3.72. The number of carbonyl (C=O) groups excluding carboxylic acids is 2. The second-order valence-electron chi connectivity index (χ2n) is 11.9. The van der Waals surface area contributed by atoms with E-state index in [1.54, 1.807) is 18.2 Å². The van der Waals surface area contributed by atoms with Gasteiger partial charge >= 0.3 is 6.36 Å². The lowest BCUT2D eigenvalue weighted by Gasteiger charge is -2.38. The number of benzene rings is 2. The predicted molar refractivity (Wildman–Crippen MR) is 165 cm³/mol. The highest BCUT2D eigenvalue weighted by molar-refractivity contribution is 7.22. The first kappa shape index (κ1) is 32.2. The number of ketones is 1. The number of amides is 1. The van der Waals surface area contributed by atoms with Crippen LogP contribution in [0.25, 0.3) is 15.9 Å². The summed E-state index contributed by atoms with van der Waals surface area (Å²) in [5, 5.41) is 13.1. The van der Waals surface area contributed by atoms with Crippen LogP contribution in [0.2, 0.25) is 0 Å². The van der Waals surface area contributed by atoms with Crippen LogP contribution in [-0.4, -0.2) is 72.9 Å². The summed E-state index contributed by atoms with van der Waals surface area (Å²) in [5.74, 6) is -1.18. The number of aliphatic hydroxyl groups excluding tert-OH is 1. The van der Waals surface area contributed by atoms with Crippen molar-refractivity contribution in [3.8, 4) is 5.75 Å². The first-order valence-corrected chi connectivity index (χ1v) is 16.0. The van der Waals surface area contributed by atoms with E-state index >= 15 is 0 Å². The van der Waals surface area contributed by atoms with Crippen LogP contribution in [0.4, 0.5) is 18.3 Å². The van der Waals surface area contributed by atoms with Gasteiger partial charge in [-0.2, -0.15) is 0 Å². The molecule has 1 saturated carbocycles. The van der Waals surface area contributed by atoms with Gasteiger partial charge in [-0.25, -0.2) is 4.98 Å². The van der Waals surface area contributed by atoms with Crippen molar-refractivity contribution >= 4 is 44.1 Å². The van der Waals surface area contributed by atoms with Gasteiger partial charge in [0.2, 0.25) is 0 Å². The lowest BCUT2D eigenvalue weighted by molar-refractivity contribution is -0.274. The lowest BCUT2D eigenvalue weighted by Crippen LogP contribution is -2.45. The van der Waals surface area contributed by atoms with Crippen LogP contribution >= 0.6 is 11.3 Å². The van der Waals surface area contributed by atoms with Gasteiger partial charge in [-0.3, -0.25) is 9.59 Å². The molecule has 46 heavy (non-hydrogen) atoms. The number of methoxy groups -OCH3 is 1. The maximum Gasteiger partial charge on any atom is 0.573 e. The molecular weight excluding hydrogens is 625 g/mol. The number of aromatic nitrogens is 1. The molecule has 3 aromatic rings. The number of Topliss-reactive ketones (excluding diaryl/α,β-unsaturated/α-hetero) is 1. The fourth-order valence-electron chi connectivity index (χ4n) is 6.25. The number of anilines is 1. The maximum absolute atomic E-state index is 13.3. The molecule has 10 nitrogen and oxygen atoms in total. The summed E-state index contributed by atoms with van der Waals surface area (Å²) in [6.45, 7) is -0.126. The van der Waals surface area contributed by atoms with Gasteiger partial charge < -0.3 is 35.3 Å². The number of thiazole rings is 1. The zero-order chi connectivity index (χ0) is 32.6. The molecule has 3 atom stereocenters. The molecular formula is C32H35F3N4O6S. The number of halogens is 3. The number of fused-ring (bicyclic) bond motifs is 3. The van der Waals surface area contributed by atoms with Gasteiger partial charge in [0.15, 0.2) is 17.2 Å². The maximum atomic E-state index is 13.3. The Bertz CT molecular complexity index is 1630. The van der Waals surface area contributed by atoms with E-state index < -0.39 is 18.4 Å². The third kappa shape index (κ3) is 7.14. The van der Waals surface area contributed by atoms with E-state index in [0.717, 1.165) is 28.2 Å². The lowest BCUT2D eigenvalue weighted by atomic mass is 9.98. The van der Waals surface area contributed by atoms with Crippen LogP contribution in [-0.2, 0) is 14.3 Å². The summed E-state index contributed by atoms with van der Waals surface area (Å²) in [4.78, 5) is 33.0. The molecule has 3 aliphatic rings. The number of nitrogens with two attached hydrogens (primary N) is 1. The molecule has 3 unspecified atom stereocenters. The molecule has 2 saturated heterocycles. The number of nitrogens with one attached hydrogen (secondary N) is 1. The number of carbonyl (C=O) groups is 2. The Balaban J connectivity index is 1.15. The third-order valence-electron chi connectivity index (χ3n) is 8.70. The first-order chi connectivity index (χ1) is 22.0. The molecule has 2 bridgehead atoms. The minimum absolute atomic E-state index is 0.00589. The minimum Gasteiger partial charge on any atom is -0.405 e. The van der Waals surface area contributed by atoms with Crippen LogP contribution in [0.15, 0.2) is 48.0 Å². The Morgan fingerprint density at radius 1 is 1.13 bits per heavy atom. The molecule has 1 amide bonds. The van der Waals surface area contributed by atoms with Crippen LogP contribution < -0.4 is 20.7 Å². The van der Waals surface area contributed by atoms with E-state index in [1.807, 2.05) is 6.07 Å². The van der Waals surface area contributed by atoms with Crippen molar-refractivity contribution in [3.63, 3.8) is 0 Å². The quantitative estimate of drug-likeness (QED) is 0.186. The number of aliphatic hydroxyl groups is 1. The molecule has 1 aliphatic carbocycles. The summed E-state index contributed by atoms with van der Waals surface area (Å²) in [6, 6.07) is 11.2. The predicted octanol–water partition coefficient (Wildman–Crippen LogP) is 4.76. The van der Waals surface area contributed by atoms with Gasteiger partial charge in [0.1, 0.15) is 5.75 Å². The molecule has 2 aliphatic heterocycles. The summed E-state index contributed by atoms with van der Waals surface area (Å²) in [6.07, 6.45) is -1.45. The highest BCUT2D eigenvalue weighted by atomic mass is 32.1. The van der Waals surface area contributed by atoms with E-state index in [9.17, 15) is 27.9 Å². The molecule has 14 heteroatoms. The van der Waals surface area contributed by atoms with Crippen molar-refractivity contribution in [1.82, 2.24) is 10.3 Å². The molecule has 0 radical (unpaired) electrons. The van der Waals surface area contributed by atoms with Crippen molar-refractivity contribution in [2.24, 2.45) is 11.7 Å². The Morgan fingerprint density at radius 3 is 2.52 bits per heavy atom. The highest BCUT2D eigenvalue weighted by Gasteiger charge is 2.43. The van der Waals surface area contributed by atoms with E-state index in [1.165, 1.54) is 36.6 Å². The summed E-state index contributed by atoms with van der Waals surface area (Å²) >= 11 is 1.51. The number of ether oxygens (including phenoxy) is 3. The average Bonchev–Trinajstić information content (AvgIpc) is 3.74. The Kier molecular flexibility index (Phi) is 9.24. The van der Waals surface area contributed by atoms with Crippen LogP contribution in [0.3, 0.4) is 0 Å². The van der Waals surface area contributed by atoms with Crippen molar-refractivity contribution in [2.75, 3.05) is 25.2 Å². The second kappa shape index (κ2) is 13.2. The van der Waals surface area contributed by atoms with Gasteiger partial charge in [-0.05, 0) is 68.9 Å². The van der Waals surface area contributed by atoms with Gasteiger partial charge in [0, 0.05) is 41.8 Å². The number of hydrogen-bond acceptors (Lipinski definition) is 10. The highest BCUT2D eigenvalue weighted by Crippen LogP contribution is 2.43. The van der Waals surface area contributed by atoms with Gasteiger partial charge in [0.25, 0.3) is 5.91 Å². The summed E-state index contributed by atoms with van der Waals surface area (Å²) < 4.78 is 55.4. The minimum atomic E-state index is -4.91. The number of alkyl halides is 3. The number of para-hydroxylation sites is 1. The van der Waals surface area contributed by atoms with Gasteiger partial charge in [-0.1, -0.05) is 23.5 Å². The van der Waals surface area contributed by atoms with E-state index in [2.05, 4.69) is 15.0 Å². The summed E-state index contributed by atoms with van der Waals surface area (Å²) in [5.41, 5.74) is 7.75. The van der Waals surface area contributed by atoms with Crippen LogP contribution in [0.5, 0.6) is 5.75 Å². The van der Waals surface area contributed by atoms with Gasteiger partial charge in [0.05, 0.1) is 35.2 Å². The molecule has 0 spiro atoms. The fraction of sp³-hybridized carbons (Fsp3) is 0.469. The normalized spacial score (nSPS) is 22.5. The topological polar surface area (TPSA) is 136 Å². The van der Waals surface area contributed by atoms with Gasteiger partial charge in [-0.15, -0.1) is 13.2 Å². The summed E-state index contributed by atoms with van der Waals surface area (Å²) in [7, 11) is 1.35. The van der Waals surface area contributed by atoms with Crippen LogP contribution in [0, 0.1) is 5.92 Å². The number of piperidine rings is 1. The molecule has 6 rings (SSSR count). The first-order valence-electron chi connectivity index (χ1n) is 15.2. The zero-order valence-electron chi connectivity index (χ0n) is 25.1. The van der Waals surface area contributed by atoms with Crippen LogP contribution in [0.1, 0.15) is 54.4 Å². The number of rotatable bonds is 12. The van der Waals surface area contributed by atoms with E-state index in [4.69, 9.17) is 20.2 Å². The third-order valence-corrected chi connectivity index (χ3v) is 9.73. The molecule has 4 N–H and O–H groups in total. The molecule has 3 fully saturated rings. The van der Waals surface area contributed by atoms with Crippen molar-refractivity contribution in [2.45, 2.75) is 69.4 Å². The Morgan fingerprint density at radius 2 is 1.85 bits per heavy atom. The number of nitrogens with zero attached hydrogens (tertiary/aromatic N) is 2. The monoisotopic (exact) mass is 660 g/mol. The van der Waals surface area contributed by atoms with E-state index in [0.29, 0.717) is 31.2 Å². The average molecular weight is 661 g/mol. The molecule has 2 aromatic carbocycles. The number of hydrogen-bond donors (Lipinski definition) is 3. The second-order valence-corrected chi connectivity index (χ2v) is 12.9. The smallest absolute Gasteiger partial charge is 0.405 e. The van der Waals surface area contributed by atoms with E-state index in [-0.39, 0.29) is 65.8 Å². The fourth-order valence-corrected chi connectivity index (χ4v) is 7.39. The zero-order valence-corrected chi connectivity index (χ0v) is 25.9. The van der Waals surface area contributed by atoms with Crippen molar-refractivity contribution < 1.29 is 42.1 Å². The molecule has 1 aromatic heterocycles. The molecule has 246 valence electrons. The van der Waals surface area contributed by atoms with Crippen molar-refractivity contribution in [3.05, 3.63) is 59.2 Å². The largest absolute Gasteiger partial charge is 0.573 e. The standard InChI is InChI=1S/C32H35F3N4O6S/c1-43-27(40)15-37-30(42)18-8-11-24-26(12-18)46-31(38-24)39-19-9-10-20(39)14-21(13-19)44-16-23(29(41)17-6-7-17)28(36)22-4-2-3-5-25(22)45-32(33,34)35/h2-5,8,11-12,17,19-21,27,40H,6-7,9-10,13-16,36H2,1H3,(H,37,42). The van der Waals surface area contributed by atoms with Crippen molar-refractivity contribution in [1.29, 1.82) is 0 Å².